The smallest absolute Gasteiger partial charge is 0.266 e. The summed E-state index contributed by atoms with van der Waals surface area (Å²) in [5.74, 6) is 0.264. The zero-order valence-electron chi connectivity index (χ0n) is 19.6. The van der Waals surface area contributed by atoms with Gasteiger partial charge in [0.2, 0.25) is 5.91 Å². The van der Waals surface area contributed by atoms with E-state index in [0.29, 0.717) is 55.0 Å². The first-order chi connectivity index (χ1) is 16.4. The third-order valence-electron chi connectivity index (χ3n) is 6.50. The van der Waals surface area contributed by atoms with Crippen LogP contribution >= 0.6 is 11.6 Å². The second-order valence-electron chi connectivity index (χ2n) is 8.67. The Balaban J connectivity index is 1.73. The number of unbranched alkanes of at least 4 members (excludes halogenated alkanes) is 1. The lowest BCUT2D eigenvalue weighted by molar-refractivity contribution is -0.133. The maximum absolute atomic E-state index is 13.9. The highest BCUT2D eigenvalue weighted by molar-refractivity contribution is 6.30. The quantitative estimate of drug-likeness (QED) is 0.475. The average molecular weight is 485 g/mol. The van der Waals surface area contributed by atoms with Crippen molar-refractivity contribution in [1.29, 1.82) is 0 Å². The van der Waals surface area contributed by atoms with Crippen LogP contribution in [-0.4, -0.2) is 51.4 Å². The predicted octanol–water partition coefficient (Wildman–Crippen LogP) is 4.96. The Hall–Kier alpha value is -2.77. The maximum atomic E-state index is 13.9. The topological polar surface area (TPSA) is 58.4 Å². The number of amides is 1. The molecule has 1 aliphatic rings. The summed E-state index contributed by atoms with van der Waals surface area (Å²) in [7, 11) is 0. The van der Waals surface area contributed by atoms with Gasteiger partial charge in [0.25, 0.3) is 5.56 Å². The number of fused-ring (bicyclic) bond motifs is 1. The molecule has 2 aromatic carbocycles. The number of para-hydroxylation sites is 1. The summed E-state index contributed by atoms with van der Waals surface area (Å²) in [6.45, 7) is 6.85. The Bertz CT molecular complexity index is 1240. The number of hydrogen-bond acceptors (Lipinski definition) is 4. The van der Waals surface area contributed by atoms with E-state index in [4.69, 9.17) is 16.6 Å². The van der Waals surface area contributed by atoms with Crippen molar-refractivity contribution < 1.29 is 9.18 Å². The number of rotatable bonds is 7. The first kappa shape index (κ1) is 24.4. The molecule has 0 saturated carbocycles. The van der Waals surface area contributed by atoms with Gasteiger partial charge in [-0.3, -0.25) is 19.1 Å². The van der Waals surface area contributed by atoms with Gasteiger partial charge in [0.1, 0.15) is 11.6 Å². The van der Waals surface area contributed by atoms with Gasteiger partial charge < -0.3 is 4.90 Å². The monoisotopic (exact) mass is 484 g/mol. The first-order valence-corrected chi connectivity index (χ1v) is 12.3. The second-order valence-corrected chi connectivity index (χ2v) is 9.08. The van der Waals surface area contributed by atoms with E-state index in [0.717, 1.165) is 19.3 Å². The van der Waals surface area contributed by atoms with Crippen molar-refractivity contribution in [3.8, 4) is 5.69 Å². The summed E-state index contributed by atoms with van der Waals surface area (Å²) in [5, 5.41) is 0.448. The molecule has 0 radical (unpaired) electrons. The van der Waals surface area contributed by atoms with Crippen molar-refractivity contribution >= 4 is 28.4 Å². The van der Waals surface area contributed by atoms with E-state index < -0.39 is 5.82 Å². The van der Waals surface area contributed by atoms with E-state index >= 15 is 0 Å². The van der Waals surface area contributed by atoms with Gasteiger partial charge in [0, 0.05) is 32.6 Å². The minimum Gasteiger partial charge on any atom is -0.340 e. The molecule has 0 spiro atoms. The van der Waals surface area contributed by atoms with Crippen LogP contribution in [0.2, 0.25) is 5.02 Å². The van der Waals surface area contributed by atoms with Crippen LogP contribution in [-0.2, 0) is 4.79 Å². The summed E-state index contributed by atoms with van der Waals surface area (Å²) in [6, 6.07) is 11.4. The second kappa shape index (κ2) is 10.7. The SMILES string of the molecule is CCCCC(=O)N1CCN(C(CC)c2nc3ccccc3c(=O)n2-c2ccc(F)c(Cl)c2)CC1. The largest absolute Gasteiger partial charge is 0.340 e. The number of aromatic nitrogens is 2. The Labute approximate surface area is 204 Å². The van der Waals surface area contributed by atoms with E-state index in [-0.39, 0.29) is 22.5 Å². The van der Waals surface area contributed by atoms with Crippen LogP contribution in [0, 0.1) is 5.82 Å². The fourth-order valence-corrected chi connectivity index (χ4v) is 4.80. The highest BCUT2D eigenvalue weighted by Gasteiger charge is 2.29. The fraction of sp³-hybridized carbons (Fsp3) is 0.423. The molecule has 180 valence electrons. The Kier molecular flexibility index (Phi) is 7.63. The third-order valence-corrected chi connectivity index (χ3v) is 6.79. The van der Waals surface area contributed by atoms with E-state index in [9.17, 15) is 14.0 Å². The Morgan fingerprint density at radius 1 is 1.12 bits per heavy atom. The number of carbonyl (C=O) groups excluding carboxylic acids is 1. The van der Waals surface area contributed by atoms with Crippen LogP contribution < -0.4 is 5.56 Å². The number of nitrogens with zero attached hydrogens (tertiary/aromatic N) is 4. The fourth-order valence-electron chi connectivity index (χ4n) is 4.62. The van der Waals surface area contributed by atoms with Crippen molar-refractivity contribution in [3.63, 3.8) is 0 Å². The highest BCUT2D eigenvalue weighted by atomic mass is 35.5. The van der Waals surface area contributed by atoms with Crippen molar-refractivity contribution in [1.82, 2.24) is 19.4 Å². The molecule has 1 saturated heterocycles. The molecule has 0 bridgehead atoms. The van der Waals surface area contributed by atoms with E-state index in [1.165, 1.54) is 12.1 Å². The number of hydrogen-bond donors (Lipinski definition) is 0. The van der Waals surface area contributed by atoms with Crippen molar-refractivity contribution in [2.24, 2.45) is 0 Å². The van der Waals surface area contributed by atoms with Crippen LogP contribution in [0.4, 0.5) is 4.39 Å². The normalized spacial score (nSPS) is 15.6. The molecule has 4 rings (SSSR count). The molecule has 0 aliphatic carbocycles. The maximum Gasteiger partial charge on any atom is 0.266 e. The lowest BCUT2D eigenvalue weighted by atomic mass is 10.1. The Morgan fingerprint density at radius 3 is 2.53 bits per heavy atom. The Morgan fingerprint density at radius 2 is 1.85 bits per heavy atom. The van der Waals surface area contributed by atoms with Crippen molar-refractivity contribution in [2.75, 3.05) is 26.2 Å². The summed E-state index contributed by atoms with van der Waals surface area (Å²) < 4.78 is 15.4. The van der Waals surface area contributed by atoms with E-state index in [2.05, 4.69) is 18.7 Å². The van der Waals surface area contributed by atoms with Crippen molar-refractivity contribution in [2.45, 2.75) is 45.6 Å². The van der Waals surface area contributed by atoms with Crippen molar-refractivity contribution in [3.05, 3.63) is 69.5 Å². The molecule has 1 amide bonds. The molecule has 1 fully saturated rings. The van der Waals surface area contributed by atoms with Gasteiger partial charge in [-0.2, -0.15) is 0 Å². The lowest BCUT2D eigenvalue weighted by Gasteiger charge is -2.39. The molecule has 1 aromatic heterocycles. The minimum atomic E-state index is -0.537. The molecule has 0 N–H and O–H groups in total. The van der Waals surface area contributed by atoms with Gasteiger partial charge >= 0.3 is 0 Å². The van der Waals surface area contributed by atoms with E-state index in [1.54, 1.807) is 22.8 Å². The molecule has 2 heterocycles. The molecule has 1 aliphatic heterocycles. The third kappa shape index (κ3) is 4.86. The molecule has 1 atom stereocenters. The van der Waals surface area contributed by atoms with Gasteiger partial charge in [-0.25, -0.2) is 9.37 Å². The van der Waals surface area contributed by atoms with Gasteiger partial charge in [-0.05, 0) is 43.2 Å². The molecule has 8 heteroatoms. The van der Waals surface area contributed by atoms with Crippen LogP contribution in [0.3, 0.4) is 0 Å². The van der Waals surface area contributed by atoms with Crippen LogP contribution in [0.25, 0.3) is 16.6 Å². The summed E-state index contributed by atoms with van der Waals surface area (Å²) in [6.07, 6.45) is 3.22. The molecule has 1 unspecified atom stereocenters. The number of benzene rings is 2. The average Bonchev–Trinajstić information content (AvgIpc) is 2.85. The number of halogens is 2. The number of piperazine rings is 1. The lowest BCUT2D eigenvalue weighted by Crippen LogP contribution is -2.50. The van der Waals surface area contributed by atoms with Crippen LogP contribution in [0.5, 0.6) is 0 Å². The zero-order chi connectivity index (χ0) is 24.2. The number of carbonyl (C=O) groups is 1. The highest BCUT2D eigenvalue weighted by Crippen LogP contribution is 2.28. The molecular formula is C26H30ClFN4O2. The molecular weight excluding hydrogens is 455 g/mol. The zero-order valence-corrected chi connectivity index (χ0v) is 20.4. The summed E-state index contributed by atoms with van der Waals surface area (Å²) >= 11 is 6.07. The van der Waals surface area contributed by atoms with Crippen LogP contribution in [0.15, 0.2) is 47.3 Å². The van der Waals surface area contributed by atoms with Gasteiger partial charge in [-0.1, -0.05) is 44.0 Å². The summed E-state index contributed by atoms with van der Waals surface area (Å²) in [4.78, 5) is 35.2. The predicted molar refractivity (Wildman–Crippen MR) is 133 cm³/mol. The van der Waals surface area contributed by atoms with Crippen LogP contribution in [0.1, 0.15) is 51.4 Å². The summed E-state index contributed by atoms with van der Waals surface area (Å²) in [5.41, 5.74) is 0.894. The standard InChI is InChI=1S/C26H30ClFN4O2/c1-3-5-10-24(33)31-15-13-30(14-16-31)23(4-2)25-29-22-9-7-6-8-19(22)26(34)32(25)18-11-12-21(28)20(27)17-18/h6-9,11-12,17,23H,3-5,10,13-16H2,1-2H3. The van der Waals surface area contributed by atoms with Gasteiger partial charge in [0.15, 0.2) is 0 Å². The van der Waals surface area contributed by atoms with Gasteiger partial charge in [0.05, 0.1) is 27.7 Å². The molecule has 3 aromatic rings. The minimum absolute atomic E-state index is 0.0456. The first-order valence-electron chi connectivity index (χ1n) is 11.9. The van der Waals surface area contributed by atoms with Gasteiger partial charge in [-0.15, -0.1) is 0 Å². The molecule has 34 heavy (non-hydrogen) atoms. The van der Waals surface area contributed by atoms with E-state index in [1.807, 2.05) is 17.0 Å². The molecule has 6 nitrogen and oxygen atoms in total.